The average Bonchev–Trinajstić information content (AvgIpc) is 2.89. The normalized spacial score (nSPS) is 10.6. The smallest absolute Gasteiger partial charge is 0.354 e. The summed E-state index contributed by atoms with van der Waals surface area (Å²) in [6, 6.07) is 1.45. The molecule has 0 saturated carbocycles. The number of rotatable bonds is 12. The Balaban J connectivity index is 1.98. The molecule has 0 aliphatic rings. The third kappa shape index (κ3) is 6.46. The Kier molecular flexibility index (Phi) is 8.28. The topological polar surface area (TPSA) is 82.8 Å². The molecule has 0 radical (unpaired) electrons. The highest BCUT2D eigenvalue weighted by Crippen LogP contribution is 1.98. The van der Waals surface area contributed by atoms with Crippen molar-refractivity contribution in [3.05, 3.63) is 30.6 Å². The summed E-state index contributed by atoms with van der Waals surface area (Å²) in [5.74, 6) is -0.995. The lowest BCUT2D eigenvalue weighted by Crippen LogP contribution is -2.15. The highest BCUT2D eigenvalue weighted by molar-refractivity contribution is 5.85. The van der Waals surface area contributed by atoms with Crippen LogP contribution in [0.25, 0.3) is 0 Å². The van der Waals surface area contributed by atoms with Gasteiger partial charge in [-0.2, -0.15) is 5.10 Å². The van der Waals surface area contributed by atoms with Crippen LogP contribution in [0.5, 0.6) is 0 Å². The molecule has 0 saturated heterocycles. The molecular weight excluding hydrogens is 264 g/mol. The number of aromatic carboxylic acids is 1. The Bertz CT molecular complexity index is 405. The van der Waals surface area contributed by atoms with Gasteiger partial charge < -0.3 is 19.3 Å². The second-order valence-corrected chi connectivity index (χ2v) is 3.83. The Morgan fingerprint density at radius 3 is 2.55 bits per heavy atom. The Labute approximate surface area is 117 Å². The molecule has 112 valence electrons. The van der Waals surface area contributed by atoms with Crippen molar-refractivity contribution in [2.24, 2.45) is 0 Å². The predicted octanol–water partition coefficient (Wildman–Crippen LogP) is 0.817. The number of hydrogen-bond acceptors (Lipinski definition) is 5. The molecule has 7 heteroatoms. The fourth-order valence-corrected chi connectivity index (χ4v) is 1.45. The predicted molar refractivity (Wildman–Crippen MR) is 71.8 cm³/mol. The minimum Gasteiger partial charge on any atom is -0.477 e. The van der Waals surface area contributed by atoms with Gasteiger partial charge in [0.2, 0.25) is 0 Å². The van der Waals surface area contributed by atoms with E-state index in [-0.39, 0.29) is 5.69 Å². The first-order chi connectivity index (χ1) is 9.75. The van der Waals surface area contributed by atoms with E-state index < -0.39 is 5.97 Å². The van der Waals surface area contributed by atoms with Crippen LogP contribution < -0.4 is 0 Å². The summed E-state index contributed by atoms with van der Waals surface area (Å²) in [6.07, 6.45) is 3.14. The molecule has 0 fully saturated rings. The second kappa shape index (κ2) is 10.1. The first-order valence-corrected chi connectivity index (χ1v) is 6.35. The van der Waals surface area contributed by atoms with Crippen LogP contribution in [0.15, 0.2) is 24.9 Å². The monoisotopic (exact) mass is 284 g/mol. The standard InChI is InChI=1S/C13H20N2O5/c1-2-6-18-8-10-20-11-9-19-7-5-15-12(13(16)17)3-4-14-15/h2-4H,1,5-11H2,(H,16,17). The molecule has 0 aromatic carbocycles. The van der Waals surface area contributed by atoms with Gasteiger partial charge >= 0.3 is 5.97 Å². The Hall–Kier alpha value is -1.70. The van der Waals surface area contributed by atoms with Crippen molar-refractivity contribution in [1.29, 1.82) is 0 Å². The number of carboxylic acids is 1. The van der Waals surface area contributed by atoms with Gasteiger partial charge in [-0.1, -0.05) is 6.08 Å². The number of nitrogens with zero attached hydrogens (tertiary/aromatic N) is 2. The van der Waals surface area contributed by atoms with E-state index in [0.717, 1.165) is 0 Å². The number of ether oxygens (including phenoxy) is 3. The van der Waals surface area contributed by atoms with Crippen molar-refractivity contribution in [3.8, 4) is 0 Å². The van der Waals surface area contributed by atoms with E-state index in [0.29, 0.717) is 46.2 Å². The van der Waals surface area contributed by atoms with Crippen molar-refractivity contribution in [1.82, 2.24) is 9.78 Å². The van der Waals surface area contributed by atoms with Crippen molar-refractivity contribution < 1.29 is 24.1 Å². The third-order valence-corrected chi connectivity index (χ3v) is 2.36. The lowest BCUT2D eigenvalue weighted by Gasteiger charge is -2.07. The van der Waals surface area contributed by atoms with Gasteiger partial charge in [-0.3, -0.25) is 4.68 Å². The van der Waals surface area contributed by atoms with E-state index in [1.54, 1.807) is 6.08 Å². The third-order valence-electron chi connectivity index (χ3n) is 2.36. The van der Waals surface area contributed by atoms with Gasteiger partial charge in [-0.25, -0.2) is 4.79 Å². The van der Waals surface area contributed by atoms with Gasteiger partial charge in [0.1, 0.15) is 5.69 Å². The van der Waals surface area contributed by atoms with Crippen molar-refractivity contribution in [2.45, 2.75) is 6.54 Å². The number of carbonyl (C=O) groups is 1. The van der Waals surface area contributed by atoms with Crippen LogP contribution in [-0.4, -0.2) is 60.5 Å². The van der Waals surface area contributed by atoms with Gasteiger partial charge in [0, 0.05) is 6.20 Å². The van der Waals surface area contributed by atoms with Crippen LogP contribution in [0, 0.1) is 0 Å². The van der Waals surface area contributed by atoms with Crippen LogP contribution >= 0.6 is 0 Å². The van der Waals surface area contributed by atoms with Crippen molar-refractivity contribution in [2.75, 3.05) is 39.6 Å². The van der Waals surface area contributed by atoms with E-state index in [1.807, 2.05) is 0 Å². The van der Waals surface area contributed by atoms with Crippen LogP contribution in [0.3, 0.4) is 0 Å². The van der Waals surface area contributed by atoms with Crippen LogP contribution in [-0.2, 0) is 20.8 Å². The van der Waals surface area contributed by atoms with E-state index >= 15 is 0 Å². The van der Waals surface area contributed by atoms with Gasteiger partial charge in [0.25, 0.3) is 0 Å². The number of hydrogen-bond donors (Lipinski definition) is 1. The lowest BCUT2D eigenvalue weighted by atomic mass is 10.4. The molecule has 0 aliphatic heterocycles. The quantitative estimate of drug-likeness (QED) is 0.452. The maximum Gasteiger partial charge on any atom is 0.354 e. The largest absolute Gasteiger partial charge is 0.477 e. The summed E-state index contributed by atoms with van der Waals surface area (Å²) in [6.45, 7) is 6.81. The van der Waals surface area contributed by atoms with Gasteiger partial charge in [-0.05, 0) is 6.07 Å². The summed E-state index contributed by atoms with van der Waals surface area (Å²) in [5, 5.41) is 12.8. The first-order valence-electron chi connectivity index (χ1n) is 6.35. The van der Waals surface area contributed by atoms with E-state index in [4.69, 9.17) is 19.3 Å². The fourth-order valence-electron chi connectivity index (χ4n) is 1.45. The highest BCUT2D eigenvalue weighted by Gasteiger charge is 2.09. The molecule has 1 rings (SSSR count). The van der Waals surface area contributed by atoms with Crippen LogP contribution in [0.2, 0.25) is 0 Å². The molecule has 0 unspecified atom stereocenters. The van der Waals surface area contributed by atoms with Crippen molar-refractivity contribution >= 4 is 5.97 Å². The maximum atomic E-state index is 10.8. The van der Waals surface area contributed by atoms with Gasteiger partial charge in [-0.15, -0.1) is 6.58 Å². The van der Waals surface area contributed by atoms with Gasteiger partial charge in [0.15, 0.2) is 0 Å². The summed E-state index contributed by atoms with van der Waals surface area (Å²) in [7, 11) is 0. The summed E-state index contributed by atoms with van der Waals surface area (Å²) in [4.78, 5) is 10.8. The Morgan fingerprint density at radius 2 is 1.90 bits per heavy atom. The zero-order valence-electron chi connectivity index (χ0n) is 11.4. The van der Waals surface area contributed by atoms with Crippen molar-refractivity contribution in [3.63, 3.8) is 0 Å². The fraction of sp³-hybridized carbons (Fsp3) is 0.538. The molecule has 0 atom stereocenters. The zero-order chi connectivity index (χ0) is 14.6. The molecule has 7 nitrogen and oxygen atoms in total. The highest BCUT2D eigenvalue weighted by atomic mass is 16.5. The maximum absolute atomic E-state index is 10.8. The van der Waals surface area contributed by atoms with E-state index in [9.17, 15) is 4.79 Å². The summed E-state index contributed by atoms with van der Waals surface area (Å²) in [5.41, 5.74) is 0.157. The molecule has 0 aliphatic carbocycles. The molecule has 1 N–H and O–H groups in total. The zero-order valence-corrected chi connectivity index (χ0v) is 11.4. The summed E-state index contributed by atoms with van der Waals surface area (Å²) < 4.78 is 17.2. The van der Waals surface area contributed by atoms with Gasteiger partial charge in [0.05, 0.1) is 46.2 Å². The van der Waals surface area contributed by atoms with E-state index in [1.165, 1.54) is 16.9 Å². The SMILES string of the molecule is C=CCOCCOCCOCCn1nccc1C(=O)O. The number of carboxylic acid groups (broad SMARTS) is 1. The minimum atomic E-state index is -0.995. The molecule has 1 aromatic rings. The Morgan fingerprint density at radius 1 is 1.25 bits per heavy atom. The molecular formula is C13H20N2O5. The molecule has 0 bridgehead atoms. The van der Waals surface area contributed by atoms with Crippen LogP contribution in [0.1, 0.15) is 10.5 Å². The minimum absolute atomic E-state index is 0.157. The number of aromatic nitrogens is 2. The van der Waals surface area contributed by atoms with Crippen LogP contribution in [0.4, 0.5) is 0 Å². The molecule has 20 heavy (non-hydrogen) atoms. The average molecular weight is 284 g/mol. The molecule has 0 spiro atoms. The molecule has 1 aromatic heterocycles. The summed E-state index contributed by atoms with van der Waals surface area (Å²) >= 11 is 0. The first kappa shape index (κ1) is 16.4. The molecule has 0 amide bonds. The second-order valence-electron chi connectivity index (χ2n) is 3.83. The molecule has 1 heterocycles. The van der Waals surface area contributed by atoms with E-state index in [2.05, 4.69) is 11.7 Å². The lowest BCUT2D eigenvalue weighted by molar-refractivity contribution is 0.0173.